The van der Waals surface area contributed by atoms with Gasteiger partial charge < -0.3 is 10.4 Å². The lowest BCUT2D eigenvalue weighted by molar-refractivity contribution is 0.0902. The zero-order valence-electron chi connectivity index (χ0n) is 12.1. The lowest BCUT2D eigenvalue weighted by Gasteiger charge is -2.14. The van der Waals surface area contributed by atoms with Gasteiger partial charge in [0.25, 0.3) is 5.91 Å². The Kier molecular flexibility index (Phi) is 5.15. The van der Waals surface area contributed by atoms with Crippen molar-refractivity contribution in [3.63, 3.8) is 0 Å². The standard InChI is InChI=1S/C16H19ClN2O2/c1-10(2)7-11(20)9-18-16(21)13-8-15(17)19-14-6-4-3-5-12(13)14/h3-6,8,10-11,20H,7,9H2,1-2H3,(H,18,21). The van der Waals surface area contributed by atoms with Crippen molar-refractivity contribution in [2.45, 2.75) is 26.4 Å². The Balaban J connectivity index is 2.16. The third-order valence-corrected chi connectivity index (χ3v) is 3.36. The summed E-state index contributed by atoms with van der Waals surface area (Å²) in [6, 6.07) is 8.89. The summed E-state index contributed by atoms with van der Waals surface area (Å²) in [5, 5.41) is 13.6. The molecule has 4 nitrogen and oxygen atoms in total. The van der Waals surface area contributed by atoms with Crippen molar-refractivity contribution >= 4 is 28.4 Å². The van der Waals surface area contributed by atoms with Crippen molar-refractivity contribution < 1.29 is 9.90 Å². The smallest absolute Gasteiger partial charge is 0.252 e. The van der Waals surface area contributed by atoms with Gasteiger partial charge in [-0.25, -0.2) is 4.98 Å². The number of carbonyl (C=O) groups excluding carboxylic acids is 1. The van der Waals surface area contributed by atoms with Gasteiger partial charge >= 0.3 is 0 Å². The fourth-order valence-electron chi connectivity index (χ4n) is 2.26. The third-order valence-electron chi connectivity index (χ3n) is 3.17. The van der Waals surface area contributed by atoms with Gasteiger partial charge in [-0.3, -0.25) is 4.79 Å². The first-order valence-corrected chi connectivity index (χ1v) is 7.36. The Morgan fingerprint density at radius 2 is 2.10 bits per heavy atom. The molecule has 1 aromatic carbocycles. The van der Waals surface area contributed by atoms with Crippen molar-refractivity contribution in [1.82, 2.24) is 10.3 Å². The van der Waals surface area contributed by atoms with E-state index in [1.54, 1.807) is 6.07 Å². The van der Waals surface area contributed by atoms with Gasteiger partial charge in [-0.2, -0.15) is 0 Å². The van der Waals surface area contributed by atoms with Crippen LogP contribution in [0, 0.1) is 5.92 Å². The maximum Gasteiger partial charge on any atom is 0.252 e. The second-order valence-electron chi connectivity index (χ2n) is 5.50. The van der Waals surface area contributed by atoms with Crippen LogP contribution < -0.4 is 5.32 Å². The number of nitrogens with one attached hydrogen (secondary N) is 1. The van der Waals surface area contributed by atoms with E-state index in [0.29, 0.717) is 23.4 Å². The number of pyridine rings is 1. The van der Waals surface area contributed by atoms with E-state index >= 15 is 0 Å². The number of hydrogen-bond donors (Lipinski definition) is 2. The van der Waals surface area contributed by atoms with Crippen LogP contribution in [0.4, 0.5) is 0 Å². The number of aliphatic hydroxyl groups is 1. The van der Waals surface area contributed by atoms with E-state index in [4.69, 9.17) is 11.6 Å². The molecule has 2 N–H and O–H groups in total. The van der Waals surface area contributed by atoms with E-state index in [1.807, 2.05) is 38.1 Å². The Morgan fingerprint density at radius 1 is 1.38 bits per heavy atom. The highest BCUT2D eigenvalue weighted by Gasteiger charge is 2.14. The first-order valence-electron chi connectivity index (χ1n) is 6.99. The van der Waals surface area contributed by atoms with Crippen LogP contribution in [0.5, 0.6) is 0 Å². The molecule has 0 saturated heterocycles. The Labute approximate surface area is 129 Å². The average molecular weight is 307 g/mol. The minimum Gasteiger partial charge on any atom is -0.391 e. The highest BCUT2D eigenvalue weighted by molar-refractivity contribution is 6.30. The van der Waals surface area contributed by atoms with Gasteiger partial charge in [-0.15, -0.1) is 0 Å². The van der Waals surface area contributed by atoms with Crippen LogP contribution >= 0.6 is 11.6 Å². The number of nitrogens with zero attached hydrogens (tertiary/aromatic N) is 1. The third kappa shape index (κ3) is 4.16. The topological polar surface area (TPSA) is 62.2 Å². The van der Waals surface area contributed by atoms with Gasteiger partial charge in [0.1, 0.15) is 5.15 Å². The Bertz CT molecular complexity index is 643. The minimum absolute atomic E-state index is 0.227. The van der Waals surface area contributed by atoms with Gasteiger partial charge in [-0.1, -0.05) is 43.6 Å². The van der Waals surface area contributed by atoms with E-state index in [1.165, 1.54) is 0 Å². The molecule has 0 aliphatic rings. The molecule has 0 radical (unpaired) electrons. The van der Waals surface area contributed by atoms with E-state index in [2.05, 4.69) is 10.3 Å². The number of hydrogen-bond acceptors (Lipinski definition) is 3. The van der Waals surface area contributed by atoms with Crippen molar-refractivity contribution in [2.24, 2.45) is 5.92 Å². The molecule has 1 unspecified atom stereocenters. The molecule has 0 aliphatic heterocycles. The van der Waals surface area contributed by atoms with Gasteiger partial charge in [0, 0.05) is 11.9 Å². The number of aliphatic hydroxyl groups excluding tert-OH is 1. The van der Waals surface area contributed by atoms with Crippen LogP contribution in [0.2, 0.25) is 5.15 Å². The number of carbonyl (C=O) groups is 1. The van der Waals surface area contributed by atoms with Crippen molar-refractivity contribution in [3.05, 3.63) is 41.0 Å². The second kappa shape index (κ2) is 6.87. The first kappa shape index (κ1) is 15.7. The molecular weight excluding hydrogens is 288 g/mol. The molecule has 0 bridgehead atoms. The fourth-order valence-corrected chi connectivity index (χ4v) is 2.46. The summed E-state index contributed by atoms with van der Waals surface area (Å²) in [7, 11) is 0. The first-order chi connectivity index (χ1) is 9.97. The monoisotopic (exact) mass is 306 g/mol. The Morgan fingerprint density at radius 3 is 2.81 bits per heavy atom. The predicted molar refractivity (Wildman–Crippen MR) is 84.5 cm³/mol. The summed E-state index contributed by atoms with van der Waals surface area (Å²) in [6.45, 7) is 4.29. The zero-order valence-corrected chi connectivity index (χ0v) is 12.9. The predicted octanol–water partition coefficient (Wildman–Crippen LogP) is 3.03. The molecule has 1 atom stereocenters. The van der Waals surface area contributed by atoms with Crippen molar-refractivity contribution in [3.8, 4) is 0 Å². The van der Waals surface area contributed by atoms with E-state index in [0.717, 1.165) is 5.39 Å². The molecule has 0 aliphatic carbocycles. The number of halogens is 1. The molecule has 2 rings (SSSR count). The fraction of sp³-hybridized carbons (Fsp3) is 0.375. The highest BCUT2D eigenvalue weighted by Crippen LogP contribution is 2.20. The van der Waals surface area contributed by atoms with Gasteiger partial charge in [0.05, 0.1) is 17.2 Å². The SMILES string of the molecule is CC(C)CC(O)CNC(=O)c1cc(Cl)nc2ccccc12. The van der Waals surface area contributed by atoms with Crippen molar-refractivity contribution in [1.29, 1.82) is 0 Å². The van der Waals surface area contributed by atoms with Crippen LogP contribution in [0.1, 0.15) is 30.6 Å². The molecule has 2 aromatic rings. The number of fused-ring (bicyclic) bond motifs is 1. The van der Waals surface area contributed by atoms with Gasteiger partial charge in [0.15, 0.2) is 0 Å². The summed E-state index contributed by atoms with van der Waals surface area (Å²) in [5.74, 6) is 0.131. The molecule has 0 saturated carbocycles. The lowest BCUT2D eigenvalue weighted by Crippen LogP contribution is -2.32. The Hall–Kier alpha value is -1.65. The minimum atomic E-state index is -0.544. The molecule has 0 fully saturated rings. The highest BCUT2D eigenvalue weighted by atomic mass is 35.5. The molecule has 1 amide bonds. The largest absolute Gasteiger partial charge is 0.391 e. The normalized spacial score (nSPS) is 12.6. The summed E-state index contributed by atoms with van der Waals surface area (Å²) < 4.78 is 0. The van der Waals surface area contributed by atoms with Crippen LogP contribution in [-0.2, 0) is 0 Å². The molecule has 5 heteroatoms. The van der Waals surface area contributed by atoms with Crippen molar-refractivity contribution in [2.75, 3.05) is 6.54 Å². The summed E-state index contributed by atoms with van der Waals surface area (Å²) >= 11 is 5.96. The van der Waals surface area contributed by atoms with Crippen LogP contribution in [0.3, 0.4) is 0 Å². The molecule has 112 valence electrons. The van der Waals surface area contributed by atoms with Gasteiger partial charge in [-0.05, 0) is 24.5 Å². The maximum atomic E-state index is 12.3. The molecule has 0 spiro atoms. The van der Waals surface area contributed by atoms with Gasteiger partial charge in [0.2, 0.25) is 0 Å². The zero-order chi connectivity index (χ0) is 15.4. The van der Waals surface area contributed by atoms with Crippen LogP contribution in [0.15, 0.2) is 30.3 Å². The molecule has 1 aromatic heterocycles. The summed E-state index contributed by atoms with van der Waals surface area (Å²) in [4.78, 5) is 16.5. The number of para-hydroxylation sites is 1. The molecular formula is C16H19ClN2O2. The summed E-state index contributed by atoms with van der Waals surface area (Å²) in [6.07, 6.45) is 0.107. The van der Waals surface area contributed by atoms with E-state index in [9.17, 15) is 9.90 Å². The molecule has 21 heavy (non-hydrogen) atoms. The average Bonchev–Trinajstić information content (AvgIpc) is 2.43. The lowest BCUT2D eigenvalue weighted by atomic mass is 10.1. The van der Waals surface area contributed by atoms with E-state index < -0.39 is 6.10 Å². The van der Waals surface area contributed by atoms with Crippen LogP contribution in [-0.4, -0.2) is 28.6 Å². The quantitative estimate of drug-likeness (QED) is 0.835. The number of rotatable bonds is 5. The maximum absolute atomic E-state index is 12.3. The summed E-state index contributed by atoms with van der Waals surface area (Å²) in [5.41, 5.74) is 1.15. The second-order valence-corrected chi connectivity index (χ2v) is 5.89. The number of amides is 1. The van der Waals surface area contributed by atoms with E-state index in [-0.39, 0.29) is 17.6 Å². The number of aromatic nitrogens is 1. The number of benzene rings is 1. The van der Waals surface area contributed by atoms with Crippen LogP contribution in [0.25, 0.3) is 10.9 Å². The molecule has 1 heterocycles.